The number of hydrogen-bond donors (Lipinski definition) is 2. The zero-order valence-corrected chi connectivity index (χ0v) is 28.6. The summed E-state index contributed by atoms with van der Waals surface area (Å²) in [7, 11) is 1.06. The molecule has 1 heterocycles. The second kappa shape index (κ2) is 19.9. The van der Waals surface area contributed by atoms with E-state index in [2.05, 4.69) is 60.9 Å². The number of rotatable bonds is 11. The van der Waals surface area contributed by atoms with E-state index in [-0.39, 0.29) is 13.5 Å². The van der Waals surface area contributed by atoms with E-state index in [9.17, 15) is 0 Å². The quantitative estimate of drug-likeness (QED) is 0.117. The van der Waals surface area contributed by atoms with Gasteiger partial charge in [0.25, 0.3) is 0 Å². The van der Waals surface area contributed by atoms with Gasteiger partial charge in [0.15, 0.2) is 0 Å². The summed E-state index contributed by atoms with van der Waals surface area (Å²) in [5, 5.41) is 3.88. The summed E-state index contributed by atoms with van der Waals surface area (Å²) in [5.41, 5.74) is 1.01. The van der Waals surface area contributed by atoms with E-state index in [1.54, 1.807) is 26.0 Å². The fourth-order valence-corrected chi connectivity index (χ4v) is 4.08. The fraction of sp³-hybridized carbons (Fsp3) is 0.478. The van der Waals surface area contributed by atoms with Gasteiger partial charge in [-0.25, -0.2) is 4.31 Å². The van der Waals surface area contributed by atoms with Crippen molar-refractivity contribution in [3.05, 3.63) is 60.2 Å². The Morgan fingerprint density at radius 1 is 1.30 bits per heavy atom. The van der Waals surface area contributed by atoms with Crippen molar-refractivity contribution in [3.63, 3.8) is 0 Å². The van der Waals surface area contributed by atoms with E-state index in [0.29, 0.717) is 17.1 Å². The van der Waals surface area contributed by atoms with Gasteiger partial charge in [0, 0.05) is 23.0 Å². The average Bonchev–Trinajstić information content (AvgIpc) is 2.74. The van der Waals surface area contributed by atoms with Crippen LogP contribution in [0.1, 0.15) is 26.7 Å². The minimum Gasteiger partial charge on any atom is -0.197 e. The summed E-state index contributed by atoms with van der Waals surface area (Å²) in [6, 6.07) is 8.41. The molecule has 4 nitrogen and oxygen atoms in total. The zero-order chi connectivity index (χ0) is 23.9. The van der Waals surface area contributed by atoms with Crippen LogP contribution >= 0.6 is 52.3 Å². The Morgan fingerprint density at radius 3 is 2.36 bits per heavy atom. The summed E-state index contributed by atoms with van der Waals surface area (Å²) >= 11 is 8.46. The van der Waals surface area contributed by atoms with Crippen LogP contribution in [0, 0.1) is 5.92 Å². The van der Waals surface area contributed by atoms with E-state index in [1.165, 1.54) is 4.90 Å². The monoisotopic (exact) mass is 740 g/mol. The van der Waals surface area contributed by atoms with Crippen LogP contribution in [-0.4, -0.2) is 72.4 Å². The number of nitrogens with one attached hydrogen (secondary N) is 1. The Morgan fingerprint density at radius 2 is 1.88 bits per heavy atom. The van der Waals surface area contributed by atoms with Crippen molar-refractivity contribution >= 4 is 76.6 Å². The van der Waals surface area contributed by atoms with Gasteiger partial charge in [-0.2, -0.15) is 13.5 Å². The Labute approximate surface area is 236 Å². The maximum Gasteiger partial charge on any atom is -0.197 e. The molecule has 0 amide bonds. The van der Waals surface area contributed by atoms with Crippen LogP contribution in [0.15, 0.2) is 65.1 Å². The van der Waals surface area contributed by atoms with Crippen LogP contribution in [0.5, 0.6) is 5.75 Å². The van der Waals surface area contributed by atoms with Gasteiger partial charge in [-0.1, -0.05) is 44.7 Å². The van der Waals surface area contributed by atoms with Gasteiger partial charge in [0.2, 0.25) is 0 Å². The standard InChI is InChI=1S/C22H31ClN2OS.CH4OPS.H2S.Tl/c1-17(2)15-25(16-18(3)5-6-19(4)23)27-22-9-7-20(8-10-22)26-21-11-13-24-14-12-21;1-3(2)4;;/h5-10,17,21,24H,3-4,11-16H2,1-2H3;2H,1H3;1H2;/q;-1;;+1/b6-5-;;;. The van der Waals surface area contributed by atoms with Crippen molar-refractivity contribution in [2.24, 2.45) is 5.92 Å². The van der Waals surface area contributed by atoms with Gasteiger partial charge in [-0.15, -0.1) is 0 Å². The van der Waals surface area contributed by atoms with E-state index in [1.807, 2.05) is 12.7 Å². The Hall–Kier alpha value is 0.812. The molecule has 1 aromatic rings. The SMILES string of the molecule is C=C(Cl)/C=C\C(=C)CN(CC(C)C)Sc1ccc(OC2CCNCC2)cc1.CP(O)[S][Tl].S. The predicted octanol–water partition coefficient (Wildman–Crippen LogP) is 6.50. The second-order valence-electron chi connectivity index (χ2n) is 7.85. The van der Waals surface area contributed by atoms with Gasteiger partial charge in [-0.05, 0) is 79.7 Å². The normalized spacial score (nSPS) is 15.0. The fourth-order valence-electron chi connectivity index (χ4n) is 2.86. The van der Waals surface area contributed by atoms with Crippen molar-refractivity contribution in [3.8, 4) is 5.75 Å². The first-order chi connectivity index (χ1) is 15.2. The molecule has 0 aliphatic carbocycles. The van der Waals surface area contributed by atoms with Crippen molar-refractivity contribution in [2.75, 3.05) is 32.8 Å². The zero-order valence-electron chi connectivity index (χ0n) is 19.8. The molecule has 1 fully saturated rings. The number of halogens is 1. The first kappa shape index (κ1) is 33.8. The van der Waals surface area contributed by atoms with E-state index in [0.717, 1.165) is 74.6 Å². The van der Waals surface area contributed by atoms with Crippen LogP contribution < -0.4 is 10.1 Å². The molecule has 1 atom stereocenters. The molecule has 10 heteroatoms. The third kappa shape index (κ3) is 17.8. The van der Waals surface area contributed by atoms with Gasteiger partial charge < -0.3 is 10.1 Å². The number of piperidine rings is 1. The van der Waals surface area contributed by atoms with Gasteiger partial charge in [0.1, 0.15) is 11.9 Å². The van der Waals surface area contributed by atoms with Crippen LogP contribution in [-0.2, 0) is 0 Å². The largest absolute Gasteiger partial charge is 0.197 e. The minimum absolute atomic E-state index is 0. The van der Waals surface area contributed by atoms with Crippen molar-refractivity contribution in [2.45, 2.75) is 37.7 Å². The molecule has 184 valence electrons. The van der Waals surface area contributed by atoms with Gasteiger partial charge >= 0.3 is 51.1 Å². The Bertz CT molecular complexity index is 718. The summed E-state index contributed by atoms with van der Waals surface area (Å²) in [5.74, 6) is 1.52. The molecule has 1 saturated heterocycles. The third-order valence-electron chi connectivity index (χ3n) is 4.25. The maximum absolute atomic E-state index is 8.43. The summed E-state index contributed by atoms with van der Waals surface area (Å²) < 4.78 is 8.42. The molecule has 0 saturated carbocycles. The van der Waals surface area contributed by atoms with Crippen LogP contribution in [0.2, 0.25) is 0 Å². The molecule has 1 aliphatic heterocycles. The average molecular weight is 741 g/mol. The van der Waals surface area contributed by atoms with Crippen LogP contribution in [0.25, 0.3) is 0 Å². The molecule has 0 bridgehead atoms. The van der Waals surface area contributed by atoms with Crippen molar-refractivity contribution in [1.82, 2.24) is 9.62 Å². The van der Waals surface area contributed by atoms with Crippen molar-refractivity contribution < 1.29 is 9.63 Å². The summed E-state index contributed by atoms with van der Waals surface area (Å²) in [4.78, 5) is 9.63. The smallest absolute Gasteiger partial charge is 0.197 e. The molecule has 1 aromatic carbocycles. The molecule has 1 unspecified atom stereocenters. The molecule has 1 aliphatic rings. The molecule has 0 radical (unpaired) electrons. The van der Waals surface area contributed by atoms with E-state index < -0.39 is 7.35 Å². The number of ether oxygens (including phenoxy) is 1. The van der Waals surface area contributed by atoms with Gasteiger partial charge in [0.05, 0.1) is 0 Å². The number of nitrogens with zero attached hydrogens (tertiary/aromatic N) is 1. The van der Waals surface area contributed by atoms with Crippen LogP contribution in [0.3, 0.4) is 0 Å². The molecule has 0 spiro atoms. The molecule has 33 heavy (non-hydrogen) atoms. The molecule has 2 rings (SSSR count). The van der Waals surface area contributed by atoms with Crippen molar-refractivity contribution in [1.29, 1.82) is 0 Å². The second-order valence-corrected chi connectivity index (χ2v) is 20.2. The Balaban J connectivity index is 0.00000154. The summed E-state index contributed by atoms with van der Waals surface area (Å²) in [6.07, 6.45) is 6.19. The van der Waals surface area contributed by atoms with Crippen LogP contribution in [0.4, 0.5) is 0 Å². The number of hydrogen-bond acceptors (Lipinski definition) is 6. The third-order valence-corrected chi connectivity index (χ3v) is 17.3. The molecular weight excluding hydrogens is 703 g/mol. The topological polar surface area (TPSA) is 44.7 Å². The predicted molar refractivity (Wildman–Crippen MR) is 157 cm³/mol. The molecule has 0 aromatic heterocycles. The number of benzene rings is 1. The molecule has 2 N–H and O–H groups in total. The Kier molecular flexibility index (Phi) is 20.4. The first-order valence-electron chi connectivity index (χ1n) is 10.6. The summed E-state index contributed by atoms with van der Waals surface area (Å²) in [6.45, 7) is 17.9. The van der Waals surface area contributed by atoms with E-state index in [4.69, 9.17) is 21.2 Å². The maximum atomic E-state index is 8.43. The minimum atomic E-state index is -0.608. The first-order valence-corrected chi connectivity index (χ1v) is 20.5. The van der Waals surface area contributed by atoms with E-state index >= 15 is 0 Å². The molecular formula is C23H37ClN2O2PS3Tl. The number of allylic oxidation sites excluding steroid dienone is 2. The van der Waals surface area contributed by atoms with Gasteiger partial charge in [-0.3, -0.25) is 0 Å².